The van der Waals surface area contributed by atoms with Crippen molar-refractivity contribution in [2.75, 3.05) is 6.61 Å². The van der Waals surface area contributed by atoms with E-state index in [4.69, 9.17) is 10.8 Å². The van der Waals surface area contributed by atoms with Gasteiger partial charge in [-0.3, -0.25) is 4.79 Å². The molecule has 0 heterocycles. The highest BCUT2D eigenvalue weighted by Gasteiger charge is 2.16. The van der Waals surface area contributed by atoms with Gasteiger partial charge in [-0.15, -0.1) is 12.4 Å². The molecule has 102 valence electrons. The van der Waals surface area contributed by atoms with Gasteiger partial charge < -0.3 is 16.2 Å². The largest absolute Gasteiger partial charge is 0.396 e. The number of rotatable bonds is 6. The van der Waals surface area contributed by atoms with Crippen LogP contribution in [-0.4, -0.2) is 23.7 Å². The number of carbonyl (C=O) groups is 1. The molecule has 0 aliphatic rings. The van der Waals surface area contributed by atoms with E-state index in [1.807, 2.05) is 37.3 Å². The van der Waals surface area contributed by atoms with Crippen molar-refractivity contribution in [3.63, 3.8) is 0 Å². The van der Waals surface area contributed by atoms with E-state index in [0.29, 0.717) is 6.42 Å². The number of benzene rings is 1. The molecule has 0 saturated heterocycles. The zero-order valence-corrected chi connectivity index (χ0v) is 11.3. The highest BCUT2D eigenvalue weighted by molar-refractivity contribution is 5.85. The number of nitrogens with one attached hydrogen (secondary N) is 1. The van der Waals surface area contributed by atoms with Crippen LogP contribution in [0.15, 0.2) is 30.3 Å². The first-order valence-corrected chi connectivity index (χ1v) is 5.87. The fraction of sp³-hybridized carbons (Fsp3) is 0.462. The Kier molecular flexibility index (Phi) is 8.37. The molecular weight excluding hydrogens is 252 g/mol. The first-order valence-electron chi connectivity index (χ1n) is 5.87. The molecule has 1 rings (SSSR count). The second-order valence-corrected chi connectivity index (χ2v) is 4.16. The van der Waals surface area contributed by atoms with E-state index in [0.717, 1.165) is 12.0 Å². The average Bonchev–Trinajstić information content (AvgIpc) is 2.36. The van der Waals surface area contributed by atoms with Crippen LogP contribution in [0.5, 0.6) is 0 Å². The third-order valence-corrected chi connectivity index (χ3v) is 2.63. The third-order valence-electron chi connectivity index (χ3n) is 2.63. The molecule has 2 atom stereocenters. The fourth-order valence-corrected chi connectivity index (χ4v) is 1.61. The van der Waals surface area contributed by atoms with Gasteiger partial charge in [0.2, 0.25) is 5.91 Å². The molecule has 0 aliphatic carbocycles. The molecule has 2 unspecified atom stereocenters. The van der Waals surface area contributed by atoms with Gasteiger partial charge in [-0.1, -0.05) is 30.3 Å². The Morgan fingerprint density at radius 1 is 1.39 bits per heavy atom. The van der Waals surface area contributed by atoms with Gasteiger partial charge in [-0.25, -0.2) is 0 Å². The number of carbonyl (C=O) groups excluding carboxylic acids is 1. The highest BCUT2D eigenvalue weighted by atomic mass is 35.5. The normalized spacial score (nSPS) is 13.3. The smallest absolute Gasteiger partial charge is 0.241 e. The minimum atomic E-state index is -0.632. The summed E-state index contributed by atoms with van der Waals surface area (Å²) in [7, 11) is 0. The second-order valence-electron chi connectivity index (χ2n) is 4.16. The fourth-order valence-electron chi connectivity index (χ4n) is 1.61. The van der Waals surface area contributed by atoms with Gasteiger partial charge in [0, 0.05) is 12.6 Å². The molecule has 0 aliphatic heterocycles. The van der Waals surface area contributed by atoms with Crippen molar-refractivity contribution in [1.29, 1.82) is 0 Å². The van der Waals surface area contributed by atoms with Crippen LogP contribution < -0.4 is 11.1 Å². The molecule has 0 radical (unpaired) electrons. The van der Waals surface area contributed by atoms with E-state index >= 15 is 0 Å². The lowest BCUT2D eigenvalue weighted by molar-refractivity contribution is -0.123. The summed E-state index contributed by atoms with van der Waals surface area (Å²) in [6.07, 6.45) is 1.44. The lowest BCUT2D eigenvalue weighted by Gasteiger charge is -2.17. The molecule has 0 fully saturated rings. The molecular formula is C13H21ClN2O2. The summed E-state index contributed by atoms with van der Waals surface area (Å²) in [6, 6.07) is 8.68. The van der Waals surface area contributed by atoms with Crippen molar-refractivity contribution >= 4 is 18.3 Å². The van der Waals surface area contributed by atoms with E-state index in [2.05, 4.69) is 5.32 Å². The number of amides is 1. The number of halogens is 1. The van der Waals surface area contributed by atoms with Crippen LogP contribution in [0.25, 0.3) is 0 Å². The quantitative estimate of drug-likeness (QED) is 0.732. The third kappa shape index (κ3) is 5.49. The maximum atomic E-state index is 11.8. The summed E-state index contributed by atoms with van der Waals surface area (Å²) < 4.78 is 0. The lowest BCUT2D eigenvalue weighted by atomic mass is 10.1. The summed E-state index contributed by atoms with van der Waals surface area (Å²) in [4.78, 5) is 11.8. The Morgan fingerprint density at radius 3 is 2.56 bits per heavy atom. The van der Waals surface area contributed by atoms with E-state index in [1.165, 1.54) is 0 Å². The SMILES string of the molecule is CC(CCCO)NC(=O)C(N)c1ccccc1.Cl. The van der Waals surface area contributed by atoms with Gasteiger partial charge in [0.25, 0.3) is 0 Å². The van der Waals surface area contributed by atoms with Crippen LogP contribution in [0.2, 0.25) is 0 Å². The standard InChI is InChI=1S/C13H20N2O2.ClH/c1-10(6-5-9-16)15-13(17)12(14)11-7-3-2-4-8-11;/h2-4,7-8,10,12,16H,5-6,9,14H2,1H3,(H,15,17);1H. The molecule has 0 aromatic heterocycles. The molecule has 1 aromatic carbocycles. The Morgan fingerprint density at radius 2 is 2.00 bits per heavy atom. The molecule has 1 aromatic rings. The Labute approximate surface area is 114 Å². The lowest BCUT2D eigenvalue weighted by Crippen LogP contribution is -2.39. The van der Waals surface area contributed by atoms with Crippen molar-refractivity contribution in [3.8, 4) is 0 Å². The van der Waals surface area contributed by atoms with E-state index in [1.54, 1.807) is 0 Å². The second kappa shape index (κ2) is 8.91. The monoisotopic (exact) mass is 272 g/mol. The van der Waals surface area contributed by atoms with Gasteiger partial charge in [0.05, 0.1) is 0 Å². The van der Waals surface area contributed by atoms with Gasteiger partial charge in [-0.2, -0.15) is 0 Å². The number of aliphatic hydroxyl groups is 1. The predicted molar refractivity (Wildman–Crippen MR) is 74.5 cm³/mol. The van der Waals surface area contributed by atoms with Gasteiger partial charge in [-0.05, 0) is 25.3 Å². The van der Waals surface area contributed by atoms with Crippen LogP contribution in [-0.2, 0) is 4.79 Å². The Hall–Kier alpha value is -1.10. The number of hydrogen-bond acceptors (Lipinski definition) is 3. The summed E-state index contributed by atoms with van der Waals surface area (Å²) in [6.45, 7) is 2.05. The topological polar surface area (TPSA) is 75.3 Å². The van der Waals surface area contributed by atoms with Crippen molar-refractivity contribution in [2.45, 2.75) is 31.8 Å². The summed E-state index contributed by atoms with van der Waals surface area (Å²) >= 11 is 0. The highest BCUT2D eigenvalue weighted by Crippen LogP contribution is 2.10. The van der Waals surface area contributed by atoms with E-state index in [-0.39, 0.29) is 31.0 Å². The van der Waals surface area contributed by atoms with Crippen LogP contribution in [0.4, 0.5) is 0 Å². The number of aliphatic hydroxyl groups excluding tert-OH is 1. The van der Waals surface area contributed by atoms with Crippen LogP contribution in [0.3, 0.4) is 0 Å². The molecule has 0 bridgehead atoms. The van der Waals surface area contributed by atoms with Gasteiger partial charge in [0.1, 0.15) is 6.04 Å². The van der Waals surface area contributed by atoms with Crippen molar-refractivity contribution < 1.29 is 9.90 Å². The predicted octanol–water partition coefficient (Wildman–Crippen LogP) is 1.39. The van der Waals surface area contributed by atoms with E-state index in [9.17, 15) is 4.79 Å². The zero-order chi connectivity index (χ0) is 12.7. The average molecular weight is 273 g/mol. The first-order chi connectivity index (χ1) is 8.15. The number of hydrogen-bond donors (Lipinski definition) is 3. The van der Waals surface area contributed by atoms with Crippen molar-refractivity contribution in [3.05, 3.63) is 35.9 Å². The summed E-state index contributed by atoms with van der Waals surface area (Å²) in [5.74, 6) is -0.179. The van der Waals surface area contributed by atoms with Crippen molar-refractivity contribution in [2.24, 2.45) is 5.73 Å². The molecule has 0 saturated carbocycles. The minimum Gasteiger partial charge on any atom is -0.396 e. The maximum absolute atomic E-state index is 11.8. The van der Waals surface area contributed by atoms with Crippen LogP contribution >= 0.6 is 12.4 Å². The minimum absolute atomic E-state index is 0. The molecule has 4 N–H and O–H groups in total. The molecule has 0 spiro atoms. The van der Waals surface area contributed by atoms with Crippen LogP contribution in [0, 0.1) is 0 Å². The van der Waals surface area contributed by atoms with Crippen molar-refractivity contribution in [1.82, 2.24) is 5.32 Å². The number of nitrogens with two attached hydrogens (primary N) is 1. The van der Waals surface area contributed by atoms with Gasteiger partial charge >= 0.3 is 0 Å². The zero-order valence-electron chi connectivity index (χ0n) is 10.5. The molecule has 1 amide bonds. The maximum Gasteiger partial charge on any atom is 0.241 e. The Balaban J connectivity index is 0.00000289. The summed E-state index contributed by atoms with van der Waals surface area (Å²) in [5.41, 5.74) is 6.66. The van der Waals surface area contributed by atoms with Gasteiger partial charge in [0.15, 0.2) is 0 Å². The molecule has 5 heteroatoms. The van der Waals surface area contributed by atoms with E-state index < -0.39 is 6.04 Å². The Bertz CT molecular complexity index is 346. The van der Waals surface area contributed by atoms with Crippen LogP contribution in [0.1, 0.15) is 31.4 Å². The molecule has 4 nitrogen and oxygen atoms in total. The summed E-state index contributed by atoms with van der Waals surface area (Å²) in [5, 5.41) is 11.5. The first kappa shape index (κ1) is 16.9. The molecule has 18 heavy (non-hydrogen) atoms.